The Bertz CT molecular complexity index is 419. The summed E-state index contributed by atoms with van der Waals surface area (Å²) in [7, 11) is 1.83. The lowest BCUT2D eigenvalue weighted by Crippen LogP contribution is -2.41. The van der Waals surface area contributed by atoms with Gasteiger partial charge in [-0.05, 0) is 31.4 Å². The van der Waals surface area contributed by atoms with Gasteiger partial charge in [0.25, 0.3) is 0 Å². The predicted octanol–water partition coefficient (Wildman–Crippen LogP) is 2.31. The molecule has 1 aromatic carbocycles. The summed E-state index contributed by atoms with van der Waals surface area (Å²) in [5.41, 5.74) is 1.11. The Labute approximate surface area is 126 Å². The Morgan fingerprint density at radius 1 is 1.38 bits per heavy atom. The number of ether oxygens (including phenoxy) is 1. The molecule has 1 fully saturated rings. The van der Waals surface area contributed by atoms with Crippen LogP contribution in [0.1, 0.15) is 19.3 Å². The van der Waals surface area contributed by atoms with Gasteiger partial charge in [0.1, 0.15) is 0 Å². The standard InChI is InChI=1S/C16H25N3O2/c1-19(16(20)18-13-15-9-5-12-21-15)11-6-10-17-14-7-3-2-4-8-14/h2-4,7-8,15,17H,5-6,9-13H2,1H3,(H,18,20). The molecule has 2 rings (SSSR count). The summed E-state index contributed by atoms with van der Waals surface area (Å²) in [5, 5.41) is 6.26. The van der Waals surface area contributed by atoms with Crippen LogP contribution in [0.4, 0.5) is 10.5 Å². The molecule has 21 heavy (non-hydrogen) atoms. The van der Waals surface area contributed by atoms with Gasteiger partial charge in [-0.2, -0.15) is 0 Å². The van der Waals surface area contributed by atoms with Crippen molar-refractivity contribution in [1.82, 2.24) is 10.2 Å². The molecule has 1 aliphatic heterocycles. The minimum atomic E-state index is -0.0230. The zero-order valence-corrected chi connectivity index (χ0v) is 12.7. The van der Waals surface area contributed by atoms with Crippen LogP contribution in [-0.2, 0) is 4.74 Å². The lowest BCUT2D eigenvalue weighted by molar-refractivity contribution is 0.109. The zero-order valence-electron chi connectivity index (χ0n) is 12.7. The van der Waals surface area contributed by atoms with E-state index in [-0.39, 0.29) is 12.1 Å². The van der Waals surface area contributed by atoms with Crippen LogP contribution in [0.25, 0.3) is 0 Å². The Balaban J connectivity index is 1.55. The van der Waals surface area contributed by atoms with Gasteiger partial charge >= 0.3 is 6.03 Å². The van der Waals surface area contributed by atoms with Crippen molar-refractivity contribution in [1.29, 1.82) is 0 Å². The molecule has 0 aliphatic carbocycles. The van der Waals surface area contributed by atoms with Crippen molar-refractivity contribution in [3.05, 3.63) is 30.3 Å². The quantitative estimate of drug-likeness (QED) is 0.758. The van der Waals surface area contributed by atoms with Crippen LogP contribution < -0.4 is 10.6 Å². The fraction of sp³-hybridized carbons (Fsp3) is 0.562. The van der Waals surface area contributed by atoms with E-state index >= 15 is 0 Å². The number of nitrogens with zero attached hydrogens (tertiary/aromatic N) is 1. The van der Waals surface area contributed by atoms with Gasteiger partial charge in [0, 0.05) is 39.0 Å². The monoisotopic (exact) mass is 291 g/mol. The number of urea groups is 1. The number of hydrogen-bond acceptors (Lipinski definition) is 3. The van der Waals surface area contributed by atoms with Gasteiger partial charge in [0.15, 0.2) is 0 Å². The highest BCUT2D eigenvalue weighted by molar-refractivity contribution is 5.73. The normalized spacial score (nSPS) is 17.5. The molecule has 1 unspecified atom stereocenters. The molecule has 2 N–H and O–H groups in total. The second-order valence-electron chi connectivity index (χ2n) is 5.39. The van der Waals surface area contributed by atoms with Gasteiger partial charge in [0.2, 0.25) is 0 Å². The van der Waals surface area contributed by atoms with E-state index in [9.17, 15) is 4.79 Å². The molecule has 5 heteroatoms. The van der Waals surface area contributed by atoms with Crippen LogP contribution in [0.15, 0.2) is 30.3 Å². The highest BCUT2D eigenvalue weighted by Crippen LogP contribution is 2.10. The van der Waals surface area contributed by atoms with Crippen LogP contribution in [-0.4, -0.2) is 50.3 Å². The summed E-state index contributed by atoms with van der Waals surface area (Å²) in [5.74, 6) is 0. The molecule has 0 radical (unpaired) electrons. The molecular weight excluding hydrogens is 266 g/mol. The number of para-hydroxylation sites is 1. The summed E-state index contributed by atoms with van der Waals surface area (Å²) in [6, 6.07) is 10.1. The Kier molecular flexibility index (Phi) is 6.34. The number of carbonyl (C=O) groups excluding carboxylic acids is 1. The smallest absolute Gasteiger partial charge is 0.317 e. The molecule has 116 valence electrons. The van der Waals surface area contributed by atoms with Gasteiger partial charge in [0.05, 0.1) is 6.10 Å². The molecule has 1 saturated heterocycles. The lowest BCUT2D eigenvalue weighted by atomic mass is 10.2. The summed E-state index contributed by atoms with van der Waals surface area (Å²) < 4.78 is 5.49. The Morgan fingerprint density at radius 3 is 2.90 bits per heavy atom. The van der Waals surface area contributed by atoms with Crippen molar-refractivity contribution >= 4 is 11.7 Å². The second kappa shape index (κ2) is 8.52. The first-order valence-corrected chi connectivity index (χ1v) is 7.65. The first-order valence-electron chi connectivity index (χ1n) is 7.65. The third-order valence-corrected chi connectivity index (χ3v) is 3.62. The second-order valence-corrected chi connectivity index (χ2v) is 5.39. The molecule has 0 spiro atoms. The average molecular weight is 291 g/mol. The number of anilines is 1. The van der Waals surface area contributed by atoms with Crippen LogP contribution in [0.5, 0.6) is 0 Å². The van der Waals surface area contributed by atoms with Gasteiger partial charge in [-0.3, -0.25) is 0 Å². The third-order valence-electron chi connectivity index (χ3n) is 3.62. The van der Waals surface area contributed by atoms with Crippen LogP contribution in [0.2, 0.25) is 0 Å². The Hall–Kier alpha value is -1.75. The fourth-order valence-corrected chi connectivity index (χ4v) is 2.35. The van der Waals surface area contributed by atoms with Crippen LogP contribution in [0.3, 0.4) is 0 Å². The minimum Gasteiger partial charge on any atom is -0.385 e. The van der Waals surface area contributed by atoms with Gasteiger partial charge < -0.3 is 20.3 Å². The van der Waals surface area contributed by atoms with E-state index in [0.29, 0.717) is 6.54 Å². The summed E-state index contributed by atoms with van der Waals surface area (Å²) in [6.07, 6.45) is 3.26. The molecule has 1 aromatic rings. The zero-order chi connectivity index (χ0) is 14.9. The van der Waals surface area contributed by atoms with Crippen LogP contribution >= 0.6 is 0 Å². The number of benzene rings is 1. The highest BCUT2D eigenvalue weighted by Gasteiger charge is 2.17. The maximum atomic E-state index is 11.9. The van der Waals surface area contributed by atoms with E-state index in [1.54, 1.807) is 4.90 Å². The molecule has 1 heterocycles. The molecular formula is C16H25N3O2. The summed E-state index contributed by atoms with van der Waals surface area (Å²) >= 11 is 0. The molecule has 0 aromatic heterocycles. The van der Waals surface area contributed by atoms with Crippen molar-refractivity contribution in [2.45, 2.75) is 25.4 Å². The van der Waals surface area contributed by atoms with E-state index < -0.39 is 0 Å². The number of nitrogens with one attached hydrogen (secondary N) is 2. The van der Waals surface area contributed by atoms with Crippen molar-refractivity contribution in [3.63, 3.8) is 0 Å². The average Bonchev–Trinajstić information content (AvgIpc) is 3.03. The number of hydrogen-bond donors (Lipinski definition) is 2. The maximum absolute atomic E-state index is 11.9. The minimum absolute atomic E-state index is 0.0230. The molecule has 0 saturated carbocycles. The molecule has 2 amide bonds. The maximum Gasteiger partial charge on any atom is 0.317 e. The van der Waals surface area contributed by atoms with Crippen molar-refractivity contribution < 1.29 is 9.53 Å². The fourth-order valence-electron chi connectivity index (χ4n) is 2.35. The molecule has 1 aliphatic rings. The largest absolute Gasteiger partial charge is 0.385 e. The summed E-state index contributed by atoms with van der Waals surface area (Å²) in [6.45, 7) is 3.03. The van der Waals surface area contributed by atoms with E-state index in [1.807, 2.05) is 37.4 Å². The van der Waals surface area contributed by atoms with E-state index in [1.165, 1.54) is 0 Å². The third kappa shape index (κ3) is 5.63. The first-order chi connectivity index (χ1) is 10.3. The highest BCUT2D eigenvalue weighted by atomic mass is 16.5. The number of rotatable bonds is 7. The van der Waals surface area contributed by atoms with Crippen molar-refractivity contribution in [2.24, 2.45) is 0 Å². The van der Waals surface area contributed by atoms with Gasteiger partial charge in [-0.15, -0.1) is 0 Å². The van der Waals surface area contributed by atoms with Crippen LogP contribution in [0, 0.1) is 0 Å². The lowest BCUT2D eigenvalue weighted by Gasteiger charge is -2.19. The van der Waals surface area contributed by atoms with Gasteiger partial charge in [-0.1, -0.05) is 18.2 Å². The molecule has 0 bridgehead atoms. The van der Waals surface area contributed by atoms with Crippen molar-refractivity contribution in [3.8, 4) is 0 Å². The first kappa shape index (κ1) is 15.6. The predicted molar refractivity (Wildman–Crippen MR) is 84.6 cm³/mol. The molecule has 5 nitrogen and oxygen atoms in total. The van der Waals surface area contributed by atoms with E-state index in [4.69, 9.17) is 4.74 Å². The number of carbonyl (C=O) groups is 1. The topological polar surface area (TPSA) is 53.6 Å². The SMILES string of the molecule is CN(CCCNc1ccccc1)C(=O)NCC1CCCO1. The van der Waals surface area contributed by atoms with E-state index in [2.05, 4.69) is 10.6 Å². The van der Waals surface area contributed by atoms with Gasteiger partial charge in [-0.25, -0.2) is 4.79 Å². The Morgan fingerprint density at radius 2 is 2.19 bits per heavy atom. The van der Waals surface area contributed by atoms with Crippen molar-refractivity contribution in [2.75, 3.05) is 38.6 Å². The number of amides is 2. The summed E-state index contributed by atoms with van der Waals surface area (Å²) in [4.78, 5) is 13.6. The molecule has 1 atom stereocenters. The van der Waals surface area contributed by atoms with E-state index in [0.717, 1.165) is 44.6 Å².